The van der Waals surface area contributed by atoms with Gasteiger partial charge < -0.3 is 0 Å². The maximum Gasteiger partial charge on any atom is 0.296 e. The van der Waals surface area contributed by atoms with Crippen LogP contribution >= 0.6 is 0 Å². The SMILES string of the molecule is O=c1nncc2nncc3c2c1C=C3. The lowest BCUT2D eigenvalue weighted by Crippen LogP contribution is -2.05. The topological polar surface area (TPSA) is 68.6 Å². The van der Waals surface area contributed by atoms with E-state index in [2.05, 4.69) is 20.4 Å². The standard InChI is InChI=1S/C9H4N4O/c14-9-6-2-1-5-3-10-12-7(8(5)6)4-11-13-9/h1-4H. The molecule has 0 saturated heterocycles. The Bertz CT molecular complexity index is 621. The third-order valence-corrected chi connectivity index (χ3v) is 2.16. The van der Waals surface area contributed by atoms with Gasteiger partial charge in [-0.1, -0.05) is 6.08 Å². The van der Waals surface area contributed by atoms with Crippen LogP contribution in [0.3, 0.4) is 0 Å². The molecule has 3 rings (SSSR count). The van der Waals surface area contributed by atoms with Crippen LogP contribution in [0.1, 0.15) is 11.1 Å². The van der Waals surface area contributed by atoms with Gasteiger partial charge in [0.2, 0.25) is 0 Å². The van der Waals surface area contributed by atoms with E-state index in [1.165, 1.54) is 6.20 Å². The highest BCUT2D eigenvalue weighted by molar-refractivity contribution is 6.01. The molecule has 5 heteroatoms. The Morgan fingerprint density at radius 1 is 1.00 bits per heavy atom. The van der Waals surface area contributed by atoms with Crippen molar-refractivity contribution >= 4 is 23.1 Å². The summed E-state index contributed by atoms with van der Waals surface area (Å²) in [7, 11) is 0. The monoisotopic (exact) mass is 184 g/mol. The number of rotatable bonds is 0. The molecular weight excluding hydrogens is 180 g/mol. The smallest absolute Gasteiger partial charge is 0.265 e. The van der Waals surface area contributed by atoms with Crippen molar-refractivity contribution in [2.45, 2.75) is 0 Å². The van der Waals surface area contributed by atoms with Gasteiger partial charge in [-0.2, -0.15) is 10.2 Å². The van der Waals surface area contributed by atoms with Crippen molar-refractivity contribution in [2.24, 2.45) is 0 Å². The predicted molar refractivity (Wildman–Crippen MR) is 50.3 cm³/mol. The van der Waals surface area contributed by atoms with Crippen molar-refractivity contribution < 1.29 is 0 Å². The van der Waals surface area contributed by atoms with Crippen LogP contribution in [-0.4, -0.2) is 20.4 Å². The van der Waals surface area contributed by atoms with Crippen molar-refractivity contribution in [1.29, 1.82) is 0 Å². The molecule has 0 atom stereocenters. The van der Waals surface area contributed by atoms with Gasteiger partial charge in [0.1, 0.15) is 5.52 Å². The fourth-order valence-corrected chi connectivity index (χ4v) is 1.55. The molecule has 5 nitrogen and oxygen atoms in total. The average molecular weight is 184 g/mol. The molecule has 0 aromatic carbocycles. The molecule has 0 bridgehead atoms. The first-order chi connectivity index (χ1) is 6.86. The Morgan fingerprint density at radius 2 is 1.86 bits per heavy atom. The Hall–Kier alpha value is -2.17. The van der Waals surface area contributed by atoms with Gasteiger partial charge in [0, 0.05) is 10.9 Å². The van der Waals surface area contributed by atoms with Crippen LogP contribution < -0.4 is 5.56 Å². The minimum absolute atomic E-state index is 0.331. The fourth-order valence-electron chi connectivity index (χ4n) is 1.55. The van der Waals surface area contributed by atoms with Gasteiger partial charge in [0.15, 0.2) is 0 Å². The minimum Gasteiger partial charge on any atom is -0.265 e. The van der Waals surface area contributed by atoms with Gasteiger partial charge in [-0.25, -0.2) is 0 Å². The number of hydrogen-bond donors (Lipinski definition) is 0. The van der Waals surface area contributed by atoms with E-state index in [9.17, 15) is 4.79 Å². The first-order valence-electron chi connectivity index (χ1n) is 4.06. The Kier molecular flexibility index (Phi) is 1.25. The van der Waals surface area contributed by atoms with Crippen LogP contribution in [0.4, 0.5) is 0 Å². The van der Waals surface area contributed by atoms with E-state index < -0.39 is 0 Å². The van der Waals surface area contributed by atoms with Gasteiger partial charge in [-0.15, -0.1) is 10.2 Å². The van der Waals surface area contributed by atoms with Gasteiger partial charge in [-0.05, 0) is 6.08 Å². The summed E-state index contributed by atoms with van der Waals surface area (Å²) in [6.07, 6.45) is 6.62. The summed E-state index contributed by atoms with van der Waals surface area (Å²) in [5.41, 5.74) is 1.70. The molecule has 66 valence electrons. The summed E-state index contributed by atoms with van der Waals surface area (Å²) in [5.74, 6) is 0. The molecule has 0 amide bonds. The predicted octanol–water partition coefficient (Wildman–Crippen LogP) is 0.264. The third kappa shape index (κ3) is 0.806. The molecule has 0 N–H and O–H groups in total. The van der Waals surface area contributed by atoms with Crippen molar-refractivity contribution in [3.63, 3.8) is 0 Å². The maximum absolute atomic E-state index is 11.4. The van der Waals surface area contributed by atoms with E-state index in [4.69, 9.17) is 0 Å². The highest BCUT2D eigenvalue weighted by atomic mass is 16.1. The van der Waals surface area contributed by atoms with Crippen molar-refractivity contribution in [1.82, 2.24) is 20.4 Å². The number of hydrogen-bond acceptors (Lipinski definition) is 5. The molecule has 2 aromatic rings. The number of nitrogens with zero attached hydrogens (tertiary/aromatic N) is 4. The average Bonchev–Trinajstić information content (AvgIpc) is 2.54. The van der Waals surface area contributed by atoms with Crippen LogP contribution in [0.5, 0.6) is 0 Å². The van der Waals surface area contributed by atoms with Crippen LogP contribution in [0.15, 0.2) is 17.2 Å². The molecular formula is C9H4N4O. The summed E-state index contributed by atoms with van der Waals surface area (Å²) in [5, 5.41) is 15.6. The molecule has 0 fully saturated rings. The van der Waals surface area contributed by atoms with Crippen LogP contribution in [0.25, 0.3) is 23.1 Å². The lowest BCUT2D eigenvalue weighted by molar-refractivity contribution is 1.01. The van der Waals surface area contributed by atoms with E-state index in [1.54, 1.807) is 12.3 Å². The Balaban J connectivity index is 2.71. The second-order valence-electron chi connectivity index (χ2n) is 2.96. The first kappa shape index (κ1) is 7.25. The Morgan fingerprint density at radius 3 is 2.79 bits per heavy atom. The lowest BCUT2D eigenvalue weighted by atomic mass is 10.2. The van der Waals surface area contributed by atoms with Crippen LogP contribution in [-0.2, 0) is 0 Å². The normalized spacial score (nSPS) is 12.3. The van der Waals surface area contributed by atoms with E-state index in [1.807, 2.05) is 6.08 Å². The molecule has 1 aliphatic carbocycles. The van der Waals surface area contributed by atoms with E-state index in [0.29, 0.717) is 11.1 Å². The highest BCUT2D eigenvalue weighted by Crippen LogP contribution is 2.24. The minimum atomic E-state index is -0.331. The van der Waals surface area contributed by atoms with Gasteiger partial charge in [0.25, 0.3) is 5.56 Å². The van der Waals surface area contributed by atoms with E-state index >= 15 is 0 Å². The van der Waals surface area contributed by atoms with Crippen LogP contribution in [0.2, 0.25) is 0 Å². The van der Waals surface area contributed by atoms with Crippen LogP contribution in [0, 0.1) is 0 Å². The van der Waals surface area contributed by atoms with Crippen molar-refractivity contribution in [2.75, 3.05) is 0 Å². The molecule has 0 spiro atoms. The summed E-state index contributed by atoms with van der Waals surface area (Å²) in [6, 6.07) is 0. The molecule has 0 saturated carbocycles. The first-order valence-corrected chi connectivity index (χ1v) is 4.06. The fraction of sp³-hybridized carbons (Fsp3) is 0. The largest absolute Gasteiger partial charge is 0.296 e. The lowest BCUT2D eigenvalue weighted by Gasteiger charge is -1.91. The van der Waals surface area contributed by atoms with Crippen molar-refractivity contribution in [3.05, 3.63) is 33.9 Å². The van der Waals surface area contributed by atoms with E-state index in [-0.39, 0.29) is 5.56 Å². The molecule has 0 radical (unpaired) electrons. The summed E-state index contributed by atoms with van der Waals surface area (Å²) in [6.45, 7) is 0. The maximum atomic E-state index is 11.4. The van der Waals surface area contributed by atoms with Gasteiger partial charge in [0.05, 0.1) is 18.0 Å². The zero-order valence-electron chi connectivity index (χ0n) is 7.01. The van der Waals surface area contributed by atoms with E-state index in [0.717, 1.165) is 10.9 Å². The van der Waals surface area contributed by atoms with Gasteiger partial charge >= 0.3 is 0 Å². The quantitative estimate of drug-likeness (QED) is 0.501. The Labute approximate surface area is 78.1 Å². The summed E-state index contributed by atoms with van der Waals surface area (Å²) >= 11 is 0. The zero-order chi connectivity index (χ0) is 9.54. The van der Waals surface area contributed by atoms with Gasteiger partial charge in [-0.3, -0.25) is 4.79 Å². The molecule has 0 unspecified atom stereocenters. The zero-order valence-corrected chi connectivity index (χ0v) is 7.01. The number of aromatic nitrogens is 4. The molecule has 2 aromatic heterocycles. The molecule has 0 aliphatic heterocycles. The molecule has 1 aliphatic rings. The second kappa shape index (κ2) is 2.41. The molecule has 14 heavy (non-hydrogen) atoms. The molecule has 2 heterocycles. The third-order valence-electron chi connectivity index (χ3n) is 2.16. The highest BCUT2D eigenvalue weighted by Gasteiger charge is 2.12. The second-order valence-corrected chi connectivity index (χ2v) is 2.96. The summed E-state index contributed by atoms with van der Waals surface area (Å²) in [4.78, 5) is 11.4. The van der Waals surface area contributed by atoms with Crippen molar-refractivity contribution in [3.8, 4) is 0 Å². The summed E-state index contributed by atoms with van der Waals surface area (Å²) < 4.78 is 0.